The van der Waals surface area contributed by atoms with Crippen molar-refractivity contribution >= 4 is 34.5 Å². The zero-order valence-electron chi connectivity index (χ0n) is 15.9. The van der Waals surface area contributed by atoms with E-state index in [-0.39, 0.29) is 5.91 Å². The van der Waals surface area contributed by atoms with Crippen LogP contribution in [-0.2, 0) is 22.6 Å². The van der Waals surface area contributed by atoms with Gasteiger partial charge in [0.2, 0.25) is 5.91 Å². The van der Waals surface area contributed by atoms with Crippen LogP contribution in [0.4, 0.5) is 5.69 Å². The minimum absolute atomic E-state index is 0.0366. The summed E-state index contributed by atoms with van der Waals surface area (Å²) in [6.45, 7) is 9.85. The van der Waals surface area contributed by atoms with E-state index in [9.17, 15) is 4.79 Å². The minimum atomic E-state index is -0.0366. The van der Waals surface area contributed by atoms with Gasteiger partial charge in [-0.05, 0) is 29.8 Å². The van der Waals surface area contributed by atoms with Gasteiger partial charge in [0.05, 0.1) is 24.1 Å². The lowest BCUT2D eigenvalue weighted by Gasteiger charge is -2.26. The van der Waals surface area contributed by atoms with Crippen LogP contribution in [-0.4, -0.2) is 55.1 Å². The average molecular weight is 420 g/mol. The lowest BCUT2D eigenvalue weighted by Crippen LogP contribution is -2.35. The van der Waals surface area contributed by atoms with Crippen molar-refractivity contribution in [1.82, 2.24) is 9.80 Å². The largest absolute Gasteiger partial charge is 0.379 e. The Morgan fingerprint density at radius 2 is 2.00 bits per heavy atom. The minimum Gasteiger partial charge on any atom is -0.379 e. The topological polar surface area (TPSA) is 44.8 Å². The number of ether oxygens (including phenoxy) is 1. The van der Waals surface area contributed by atoms with Crippen molar-refractivity contribution in [1.29, 1.82) is 0 Å². The molecule has 1 amide bonds. The smallest absolute Gasteiger partial charge is 0.238 e. The molecule has 7 heteroatoms. The van der Waals surface area contributed by atoms with Gasteiger partial charge in [-0.1, -0.05) is 29.8 Å². The molecule has 0 saturated carbocycles. The Bertz CT molecular complexity index is 772. The molecule has 2 heterocycles. The van der Waals surface area contributed by atoms with Crippen LogP contribution in [0.3, 0.4) is 0 Å². The van der Waals surface area contributed by atoms with Gasteiger partial charge in [-0.25, -0.2) is 0 Å². The van der Waals surface area contributed by atoms with Crippen molar-refractivity contribution in [3.05, 3.63) is 63.8 Å². The highest BCUT2D eigenvalue weighted by atomic mass is 35.5. The third-order valence-corrected chi connectivity index (χ3v) is 5.73. The molecule has 0 unspecified atom stereocenters. The summed E-state index contributed by atoms with van der Waals surface area (Å²) in [5.74, 6) is -0.0366. The van der Waals surface area contributed by atoms with E-state index >= 15 is 0 Å². The number of rotatable bonds is 9. The Labute approximate surface area is 175 Å². The molecule has 1 aromatic heterocycles. The monoisotopic (exact) mass is 419 g/mol. The molecule has 3 rings (SSSR count). The summed E-state index contributed by atoms with van der Waals surface area (Å²) in [5.41, 5.74) is 2.05. The molecule has 1 aliphatic rings. The summed E-state index contributed by atoms with van der Waals surface area (Å²) in [6, 6.07) is 11.9. The van der Waals surface area contributed by atoms with Gasteiger partial charge in [0.25, 0.3) is 0 Å². The van der Waals surface area contributed by atoms with Crippen LogP contribution >= 0.6 is 22.9 Å². The predicted octanol–water partition coefficient (Wildman–Crippen LogP) is 3.86. The molecule has 5 nitrogen and oxygen atoms in total. The van der Waals surface area contributed by atoms with E-state index in [1.165, 1.54) is 16.9 Å². The van der Waals surface area contributed by atoms with Crippen LogP contribution in [0.5, 0.6) is 0 Å². The average Bonchev–Trinajstić information content (AvgIpc) is 3.09. The van der Waals surface area contributed by atoms with Crippen LogP contribution in [0, 0.1) is 0 Å². The van der Waals surface area contributed by atoms with Crippen LogP contribution in [0.2, 0.25) is 4.34 Å². The SMILES string of the molecule is C=CCN(CC(=O)Nc1ccc(CN2CCOCC2)cc1)Cc1ccc(Cl)s1. The van der Waals surface area contributed by atoms with Gasteiger partial charge < -0.3 is 10.1 Å². The number of amides is 1. The summed E-state index contributed by atoms with van der Waals surface area (Å²) >= 11 is 7.53. The highest BCUT2D eigenvalue weighted by Gasteiger charge is 2.13. The molecule has 0 radical (unpaired) electrons. The van der Waals surface area contributed by atoms with Crippen molar-refractivity contribution < 1.29 is 9.53 Å². The summed E-state index contributed by atoms with van der Waals surface area (Å²) in [5, 5.41) is 2.98. The highest BCUT2D eigenvalue weighted by molar-refractivity contribution is 7.16. The summed E-state index contributed by atoms with van der Waals surface area (Å²) in [7, 11) is 0. The van der Waals surface area contributed by atoms with Gasteiger partial charge in [0, 0.05) is 43.3 Å². The van der Waals surface area contributed by atoms with Crippen molar-refractivity contribution in [2.45, 2.75) is 13.1 Å². The Morgan fingerprint density at radius 1 is 1.25 bits per heavy atom. The Hall–Kier alpha value is -1.70. The lowest BCUT2D eigenvalue weighted by atomic mass is 10.2. The summed E-state index contributed by atoms with van der Waals surface area (Å²) < 4.78 is 6.14. The first-order chi connectivity index (χ1) is 13.6. The maximum Gasteiger partial charge on any atom is 0.238 e. The summed E-state index contributed by atoms with van der Waals surface area (Å²) in [4.78, 5) is 18.0. The van der Waals surface area contributed by atoms with Gasteiger partial charge in [-0.2, -0.15) is 0 Å². The number of anilines is 1. The van der Waals surface area contributed by atoms with Crippen molar-refractivity contribution in [2.75, 3.05) is 44.7 Å². The molecule has 0 spiro atoms. The fraction of sp³-hybridized carbons (Fsp3) is 0.381. The number of nitrogens with one attached hydrogen (secondary N) is 1. The molecular formula is C21H26ClN3O2S. The fourth-order valence-electron chi connectivity index (χ4n) is 3.14. The van der Waals surface area contributed by atoms with Crippen LogP contribution in [0.1, 0.15) is 10.4 Å². The number of carbonyl (C=O) groups excluding carboxylic acids is 1. The van der Waals surface area contributed by atoms with Crippen LogP contribution < -0.4 is 5.32 Å². The lowest BCUT2D eigenvalue weighted by molar-refractivity contribution is -0.117. The molecular weight excluding hydrogens is 394 g/mol. The molecule has 150 valence electrons. The Kier molecular flexibility index (Phi) is 8.06. The first-order valence-electron chi connectivity index (χ1n) is 9.39. The van der Waals surface area contributed by atoms with Crippen LogP contribution in [0.15, 0.2) is 49.1 Å². The molecule has 0 aliphatic carbocycles. The van der Waals surface area contributed by atoms with E-state index in [1.54, 1.807) is 0 Å². The zero-order valence-corrected chi connectivity index (χ0v) is 17.5. The predicted molar refractivity (Wildman–Crippen MR) is 116 cm³/mol. The third kappa shape index (κ3) is 6.72. The quantitative estimate of drug-likeness (QED) is 0.627. The number of thiophene rings is 1. The molecule has 0 atom stereocenters. The molecule has 1 saturated heterocycles. The zero-order chi connectivity index (χ0) is 19.8. The van der Waals surface area contributed by atoms with Crippen molar-refractivity contribution in [2.24, 2.45) is 0 Å². The van der Waals surface area contributed by atoms with Gasteiger partial charge >= 0.3 is 0 Å². The number of hydrogen-bond donors (Lipinski definition) is 1. The first kappa shape index (κ1) is 21.0. The number of benzene rings is 1. The molecule has 0 bridgehead atoms. The standard InChI is InChI=1S/C21H26ClN3O2S/c1-2-9-25(15-19-7-8-20(22)28-19)16-21(26)23-18-5-3-17(4-6-18)14-24-10-12-27-13-11-24/h2-8H,1,9-16H2,(H,23,26). The molecule has 1 fully saturated rings. The Balaban J connectivity index is 1.50. The number of morpholine rings is 1. The molecule has 28 heavy (non-hydrogen) atoms. The third-order valence-electron chi connectivity index (χ3n) is 4.51. The van der Waals surface area contributed by atoms with E-state index in [2.05, 4.69) is 28.9 Å². The normalized spacial score (nSPS) is 14.9. The van der Waals surface area contributed by atoms with Crippen LogP contribution in [0.25, 0.3) is 0 Å². The van der Waals surface area contributed by atoms with Gasteiger partial charge in [0.15, 0.2) is 0 Å². The van der Waals surface area contributed by atoms with E-state index < -0.39 is 0 Å². The highest BCUT2D eigenvalue weighted by Crippen LogP contribution is 2.22. The molecule has 1 aliphatic heterocycles. The van der Waals surface area contributed by atoms with Gasteiger partial charge in [-0.3, -0.25) is 14.6 Å². The molecule has 1 aromatic carbocycles. The molecule has 2 aromatic rings. The van der Waals surface area contributed by atoms with Gasteiger partial charge in [0.1, 0.15) is 0 Å². The second-order valence-corrected chi connectivity index (χ2v) is 8.60. The van der Waals surface area contributed by atoms with E-state index in [0.717, 1.165) is 47.7 Å². The van der Waals surface area contributed by atoms with Gasteiger partial charge in [-0.15, -0.1) is 17.9 Å². The molecule has 1 N–H and O–H groups in total. The number of hydrogen-bond acceptors (Lipinski definition) is 5. The van der Waals surface area contributed by atoms with Crippen molar-refractivity contribution in [3.63, 3.8) is 0 Å². The van der Waals surface area contributed by atoms with E-state index in [4.69, 9.17) is 16.3 Å². The first-order valence-corrected chi connectivity index (χ1v) is 10.6. The number of nitrogens with zero attached hydrogens (tertiary/aromatic N) is 2. The Morgan fingerprint density at radius 3 is 2.64 bits per heavy atom. The number of carbonyl (C=O) groups is 1. The second kappa shape index (κ2) is 10.7. The fourth-order valence-corrected chi connectivity index (χ4v) is 4.27. The second-order valence-electron chi connectivity index (χ2n) is 6.80. The van der Waals surface area contributed by atoms with E-state index in [1.807, 2.05) is 35.2 Å². The summed E-state index contributed by atoms with van der Waals surface area (Å²) in [6.07, 6.45) is 1.81. The van der Waals surface area contributed by atoms with E-state index in [0.29, 0.717) is 19.6 Å². The maximum atomic E-state index is 12.5. The number of halogens is 1. The maximum absolute atomic E-state index is 12.5. The van der Waals surface area contributed by atoms with Crippen molar-refractivity contribution in [3.8, 4) is 0 Å².